The van der Waals surface area contributed by atoms with E-state index >= 15 is 0 Å². The molecule has 2 aromatic rings. The van der Waals surface area contributed by atoms with Crippen molar-refractivity contribution in [2.75, 3.05) is 26.2 Å². The molecule has 0 saturated carbocycles. The van der Waals surface area contributed by atoms with Crippen molar-refractivity contribution < 1.29 is 4.79 Å². The first-order valence-electron chi connectivity index (χ1n) is 6.06. The first-order chi connectivity index (χ1) is 9.34. The standard InChI is InChI=1S/C12H13N5OS/c18-12(17-5-3-13-4-6-17)10-8-19-11(16-10)9-7-14-1-2-15-9/h1-2,7-8,13H,3-6H2. The molecule has 3 rings (SSSR count). The number of hydrogen-bond donors (Lipinski definition) is 1. The minimum Gasteiger partial charge on any atom is -0.335 e. The highest BCUT2D eigenvalue weighted by atomic mass is 32.1. The second-order valence-electron chi connectivity index (χ2n) is 4.17. The number of aromatic nitrogens is 3. The fourth-order valence-corrected chi connectivity index (χ4v) is 2.68. The molecule has 2 aromatic heterocycles. The first kappa shape index (κ1) is 12.2. The maximum Gasteiger partial charge on any atom is 0.273 e. The summed E-state index contributed by atoms with van der Waals surface area (Å²) in [6.45, 7) is 3.15. The lowest BCUT2D eigenvalue weighted by molar-refractivity contribution is 0.0731. The molecule has 98 valence electrons. The van der Waals surface area contributed by atoms with Crippen LogP contribution in [0.2, 0.25) is 0 Å². The van der Waals surface area contributed by atoms with Crippen LogP contribution in [0.3, 0.4) is 0 Å². The van der Waals surface area contributed by atoms with E-state index in [2.05, 4.69) is 20.3 Å². The molecule has 0 atom stereocenters. The Morgan fingerprint density at radius 2 is 2.16 bits per heavy atom. The van der Waals surface area contributed by atoms with E-state index in [-0.39, 0.29) is 5.91 Å². The number of nitrogens with zero attached hydrogens (tertiary/aromatic N) is 4. The molecule has 0 aliphatic carbocycles. The summed E-state index contributed by atoms with van der Waals surface area (Å²) in [7, 11) is 0. The van der Waals surface area contributed by atoms with E-state index in [9.17, 15) is 4.79 Å². The number of hydrogen-bond acceptors (Lipinski definition) is 6. The molecule has 0 aromatic carbocycles. The van der Waals surface area contributed by atoms with Gasteiger partial charge in [0, 0.05) is 44.0 Å². The monoisotopic (exact) mass is 275 g/mol. The highest BCUT2D eigenvalue weighted by Gasteiger charge is 2.20. The van der Waals surface area contributed by atoms with Crippen LogP contribution in [0.1, 0.15) is 10.5 Å². The summed E-state index contributed by atoms with van der Waals surface area (Å²) in [6.07, 6.45) is 4.89. The lowest BCUT2D eigenvalue weighted by Gasteiger charge is -2.26. The van der Waals surface area contributed by atoms with Gasteiger partial charge in [0.2, 0.25) is 0 Å². The van der Waals surface area contributed by atoms with Gasteiger partial charge in [-0.25, -0.2) is 4.98 Å². The second kappa shape index (κ2) is 5.41. The number of carbonyl (C=O) groups is 1. The Kier molecular flexibility index (Phi) is 3.47. The molecule has 1 saturated heterocycles. The summed E-state index contributed by atoms with van der Waals surface area (Å²) in [5.41, 5.74) is 1.19. The maximum absolute atomic E-state index is 12.3. The summed E-state index contributed by atoms with van der Waals surface area (Å²) in [6, 6.07) is 0. The van der Waals surface area contributed by atoms with E-state index in [1.54, 1.807) is 24.0 Å². The van der Waals surface area contributed by atoms with Crippen molar-refractivity contribution in [3.05, 3.63) is 29.7 Å². The number of thiazole rings is 1. The zero-order valence-electron chi connectivity index (χ0n) is 10.2. The first-order valence-corrected chi connectivity index (χ1v) is 6.94. The molecule has 1 fully saturated rings. The molecule has 0 spiro atoms. The van der Waals surface area contributed by atoms with Gasteiger partial charge in [-0.15, -0.1) is 11.3 Å². The van der Waals surface area contributed by atoms with Gasteiger partial charge in [-0.3, -0.25) is 14.8 Å². The van der Waals surface area contributed by atoms with Crippen molar-refractivity contribution in [3.8, 4) is 10.7 Å². The van der Waals surface area contributed by atoms with E-state index in [4.69, 9.17) is 0 Å². The van der Waals surface area contributed by atoms with Crippen LogP contribution in [0.5, 0.6) is 0 Å². The largest absolute Gasteiger partial charge is 0.335 e. The third-order valence-corrected chi connectivity index (χ3v) is 3.77. The molecule has 0 radical (unpaired) electrons. The van der Waals surface area contributed by atoms with Gasteiger partial charge < -0.3 is 10.2 Å². The summed E-state index contributed by atoms with van der Waals surface area (Å²) in [5.74, 6) is -0.00658. The minimum absolute atomic E-state index is 0.00658. The van der Waals surface area contributed by atoms with Gasteiger partial charge in [0.15, 0.2) is 0 Å². The van der Waals surface area contributed by atoms with Crippen LogP contribution in [0.4, 0.5) is 0 Å². The summed E-state index contributed by atoms with van der Waals surface area (Å²) >= 11 is 1.42. The van der Waals surface area contributed by atoms with Crippen molar-refractivity contribution in [2.24, 2.45) is 0 Å². The Morgan fingerprint density at radius 1 is 1.32 bits per heavy atom. The SMILES string of the molecule is O=C(c1csc(-c2cnccn2)n1)N1CCNCC1. The van der Waals surface area contributed by atoms with Crippen LogP contribution in [-0.4, -0.2) is 51.9 Å². The van der Waals surface area contributed by atoms with E-state index < -0.39 is 0 Å². The van der Waals surface area contributed by atoms with Crippen LogP contribution in [-0.2, 0) is 0 Å². The van der Waals surface area contributed by atoms with E-state index in [0.29, 0.717) is 11.4 Å². The van der Waals surface area contributed by atoms with Crippen molar-refractivity contribution in [1.29, 1.82) is 0 Å². The normalized spacial score (nSPS) is 15.5. The molecule has 1 amide bonds. The molecule has 0 bridgehead atoms. The fourth-order valence-electron chi connectivity index (χ4n) is 1.93. The van der Waals surface area contributed by atoms with Gasteiger partial charge in [-0.2, -0.15) is 0 Å². The van der Waals surface area contributed by atoms with Crippen LogP contribution < -0.4 is 5.32 Å². The minimum atomic E-state index is -0.00658. The number of carbonyl (C=O) groups excluding carboxylic acids is 1. The summed E-state index contributed by atoms with van der Waals surface area (Å²) in [4.78, 5) is 26.6. The molecule has 1 aliphatic heterocycles. The molecule has 1 aliphatic rings. The quantitative estimate of drug-likeness (QED) is 0.871. The molecule has 19 heavy (non-hydrogen) atoms. The fraction of sp³-hybridized carbons (Fsp3) is 0.333. The number of piperazine rings is 1. The van der Waals surface area contributed by atoms with E-state index in [1.165, 1.54) is 11.3 Å². The lowest BCUT2D eigenvalue weighted by Crippen LogP contribution is -2.46. The molecular weight excluding hydrogens is 262 g/mol. The van der Waals surface area contributed by atoms with Crippen molar-refractivity contribution >= 4 is 17.2 Å². The molecule has 6 nitrogen and oxygen atoms in total. The van der Waals surface area contributed by atoms with Crippen LogP contribution in [0.25, 0.3) is 10.7 Å². The number of amides is 1. The lowest BCUT2D eigenvalue weighted by atomic mass is 10.3. The predicted molar refractivity (Wildman–Crippen MR) is 71.9 cm³/mol. The zero-order valence-corrected chi connectivity index (χ0v) is 11.1. The van der Waals surface area contributed by atoms with E-state index in [1.807, 2.05) is 4.90 Å². The molecule has 1 N–H and O–H groups in total. The molecular formula is C12H13N5OS. The summed E-state index contributed by atoms with van der Waals surface area (Å²) < 4.78 is 0. The van der Waals surface area contributed by atoms with Crippen LogP contribution >= 0.6 is 11.3 Å². The average Bonchev–Trinajstić information content (AvgIpc) is 2.98. The third kappa shape index (κ3) is 2.61. The van der Waals surface area contributed by atoms with Gasteiger partial charge in [0.05, 0.1) is 6.20 Å². The zero-order chi connectivity index (χ0) is 13.1. The molecule has 3 heterocycles. The highest BCUT2D eigenvalue weighted by Crippen LogP contribution is 2.21. The second-order valence-corrected chi connectivity index (χ2v) is 5.03. The molecule has 7 heteroatoms. The van der Waals surface area contributed by atoms with Gasteiger partial charge in [-0.05, 0) is 0 Å². The predicted octanol–water partition coefficient (Wildman–Crippen LogP) is 0.645. The van der Waals surface area contributed by atoms with Gasteiger partial charge in [0.25, 0.3) is 5.91 Å². The molecule has 0 unspecified atom stereocenters. The van der Waals surface area contributed by atoms with Gasteiger partial charge in [-0.1, -0.05) is 0 Å². The van der Waals surface area contributed by atoms with Gasteiger partial charge in [0.1, 0.15) is 16.4 Å². The van der Waals surface area contributed by atoms with Crippen LogP contribution in [0, 0.1) is 0 Å². The van der Waals surface area contributed by atoms with E-state index in [0.717, 1.165) is 31.2 Å². The third-order valence-electron chi connectivity index (χ3n) is 2.91. The number of nitrogens with one attached hydrogen (secondary N) is 1. The average molecular weight is 275 g/mol. The van der Waals surface area contributed by atoms with Crippen molar-refractivity contribution in [3.63, 3.8) is 0 Å². The summed E-state index contributed by atoms with van der Waals surface area (Å²) in [5, 5.41) is 5.74. The Labute approximate surface area is 114 Å². The Morgan fingerprint density at radius 3 is 2.89 bits per heavy atom. The van der Waals surface area contributed by atoms with Crippen molar-refractivity contribution in [2.45, 2.75) is 0 Å². The maximum atomic E-state index is 12.3. The van der Waals surface area contributed by atoms with Gasteiger partial charge >= 0.3 is 0 Å². The Bertz CT molecular complexity index is 565. The van der Waals surface area contributed by atoms with Crippen molar-refractivity contribution in [1.82, 2.24) is 25.2 Å². The topological polar surface area (TPSA) is 71.0 Å². The highest BCUT2D eigenvalue weighted by molar-refractivity contribution is 7.13. The number of rotatable bonds is 2. The van der Waals surface area contributed by atoms with Crippen LogP contribution in [0.15, 0.2) is 24.0 Å². The smallest absolute Gasteiger partial charge is 0.273 e. The Balaban J connectivity index is 1.79. The Hall–Kier alpha value is -1.86.